The molecule has 22 nitrogen and oxygen atoms in total. The van der Waals surface area contributed by atoms with Crippen LogP contribution in [-0.2, 0) is 49.5 Å². The van der Waals surface area contributed by atoms with E-state index in [1.165, 1.54) is 19.6 Å². The number of carboxylic acids is 1. The Balaban J connectivity index is 3.36. The van der Waals surface area contributed by atoms with Gasteiger partial charge in [0.05, 0.1) is 19.9 Å². The van der Waals surface area contributed by atoms with Crippen LogP contribution in [0.1, 0.15) is 86.3 Å². The van der Waals surface area contributed by atoms with Crippen LogP contribution in [0.2, 0.25) is 0 Å². The number of methoxy groups -OCH3 is 1. The lowest BCUT2D eigenvalue weighted by molar-refractivity contribution is -0.146. The second kappa shape index (κ2) is 24.6. The van der Waals surface area contributed by atoms with E-state index in [4.69, 9.17) is 20.9 Å². The molecule has 0 aromatic carbocycles. The van der Waals surface area contributed by atoms with Crippen molar-refractivity contribution in [2.24, 2.45) is 28.3 Å². The zero-order chi connectivity index (χ0) is 44.2. The van der Waals surface area contributed by atoms with Gasteiger partial charge in [-0.15, -0.1) is 0 Å². The number of hydrogen-bond donors (Lipinski definition) is 10. The molecule has 1 heterocycles. The van der Waals surface area contributed by atoms with Gasteiger partial charge in [-0.3, -0.25) is 33.8 Å². The largest absolute Gasteiger partial charge is 0.481 e. The van der Waals surface area contributed by atoms with E-state index in [0.717, 1.165) is 0 Å². The van der Waals surface area contributed by atoms with E-state index in [9.17, 15) is 43.5 Å². The summed E-state index contributed by atoms with van der Waals surface area (Å²) in [6.45, 7) is 11.7. The van der Waals surface area contributed by atoms with Gasteiger partial charge in [0.1, 0.15) is 42.4 Å². The van der Waals surface area contributed by atoms with Crippen molar-refractivity contribution in [2.75, 3.05) is 20.2 Å². The molecule has 0 spiro atoms. The molecular weight excluding hydrogens is 762 g/mol. The molecule has 5 unspecified atom stereocenters. The maximum atomic E-state index is 13.9. The van der Waals surface area contributed by atoms with E-state index in [1.807, 2.05) is 13.8 Å². The summed E-state index contributed by atoms with van der Waals surface area (Å²) in [5.74, 6) is -6.89. The van der Waals surface area contributed by atoms with Crippen molar-refractivity contribution in [3.05, 3.63) is 18.2 Å². The first-order valence-corrected chi connectivity index (χ1v) is 18.8. The van der Waals surface area contributed by atoms with Gasteiger partial charge in [-0.1, -0.05) is 27.7 Å². The molecule has 0 bridgehead atoms. The average Bonchev–Trinajstić information content (AvgIpc) is 3.62. The van der Waals surface area contributed by atoms with E-state index in [2.05, 4.69) is 46.9 Å². The highest BCUT2D eigenvalue weighted by molar-refractivity contribution is 5.97. The first-order chi connectivity index (χ1) is 27.0. The normalized spacial score (nSPS) is 13.8. The number of nitrogens with zero attached hydrogens (tertiary/aromatic N) is 2. The SMILES string of the molecule is COC(=O)C(CC(C)C)NC(=O)C(CC(C)C)NC(=O)C(CC(=O)O)NC(=O)C(Cc1cnc[nH]1)NC(=O)C(CCCN=C(N)N)NC(=O)CNC(=O)OC(C)(C)C. The van der Waals surface area contributed by atoms with Gasteiger partial charge in [0, 0.05) is 24.9 Å². The summed E-state index contributed by atoms with van der Waals surface area (Å²) in [5, 5.41) is 24.5. The number of carbonyl (C=O) groups is 8. The van der Waals surface area contributed by atoms with Crippen LogP contribution in [-0.4, -0.2) is 125 Å². The van der Waals surface area contributed by atoms with E-state index in [-0.39, 0.29) is 56.4 Å². The van der Waals surface area contributed by atoms with Gasteiger partial charge in [-0.2, -0.15) is 0 Å². The third kappa shape index (κ3) is 20.8. The number of carbonyl (C=O) groups excluding carboxylic acids is 7. The molecule has 1 aromatic heterocycles. The zero-order valence-corrected chi connectivity index (χ0v) is 34.4. The van der Waals surface area contributed by atoms with Crippen LogP contribution in [0.15, 0.2) is 17.5 Å². The fraction of sp³-hybridized carbons (Fsp3) is 0.667. The van der Waals surface area contributed by atoms with Gasteiger partial charge in [-0.25, -0.2) is 14.6 Å². The van der Waals surface area contributed by atoms with Crippen molar-refractivity contribution in [2.45, 2.75) is 123 Å². The lowest BCUT2D eigenvalue weighted by atomic mass is 10.00. The third-order valence-corrected chi connectivity index (χ3v) is 7.86. The van der Waals surface area contributed by atoms with Crippen molar-refractivity contribution in [1.29, 1.82) is 0 Å². The maximum absolute atomic E-state index is 13.9. The quantitative estimate of drug-likeness (QED) is 0.0251. The number of amides is 6. The number of nitrogens with one attached hydrogen (secondary N) is 7. The Labute approximate surface area is 337 Å². The standard InChI is InChI=1S/C36H61N11O11/c1-19(2)12-23(30(52)47-26(13-20(3)4)33(55)57-8)44-32(54)25(15-28(49)50)46-31(53)24(14-21-16-39-18-42-21)45-29(51)22(10-9-11-40-34(37)38)43-27(48)17-41-35(56)58-36(5,6)7/h16,18-20,22-26H,9-15,17H2,1-8H3,(H,39,42)(H,41,56)(H,43,48)(H,44,54)(H,45,51)(H,46,53)(H,47,52)(H,49,50)(H4,37,38,40). The Bertz CT molecular complexity index is 1570. The summed E-state index contributed by atoms with van der Waals surface area (Å²) in [5.41, 5.74) is 10.3. The maximum Gasteiger partial charge on any atom is 0.408 e. The van der Waals surface area contributed by atoms with Gasteiger partial charge in [-0.05, 0) is 58.3 Å². The smallest absolute Gasteiger partial charge is 0.408 e. The van der Waals surface area contributed by atoms with Crippen LogP contribution in [0.4, 0.5) is 4.79 Å². The van der Waals surface area contributed by atoms with Crippen molar-refractivity contribution >= 4 is 53.5 Å². The van der Waals surface area contributed by atoms with Crippen molar-refractivity contribution in [1.82, 2.24) is 41.9 Å². The number of hydrogen-bond acceptors (Lipinski definition) is 12. The number of H-pyrrole nitrogens is 1. The highest BCUT2D eigenvalue weighted by Gasteiger charge is 2.34. The summed E-state index contributed by atoms with van der Waals surface area (Å²) in [4.78, 5) is 115. The number of nitrogens with two attached hydrogens (primary N) is 2. The molecule has 0 aliphatic carbocycles. The Hall–Kier alpha value is -5.96. The lowest BCUT2D eigenvalue weighted by Gasteiger charge is -2.27. The number of guanidine groups is 1. The number of carboxylic acid groups (broad SMARTS) is 1. The summed E-state index contributed by atoms with van der Waals surface area (Å²) < 4.78 is 9.96. The molecule has 5 atom stereocenters. The van der Waals surface area contributed by atoms with Crippen LogP contribution in [0.25, 0.3) is 0 Å². The fourth-order valence-corrected chi connectivity index (χ4v) is 5.31. The second-order valence-corrected chi connectivity index (χ2v) is 15.3. The number of aromatic amines is 1. The summed E-state index contributed by atoms with van der Waals surface area (Å²) in [6, 6.07) is -6.77. The van der Waals surface area contributed by atoms with Crippen LogP contribution in [0.3, 0.4) is 0 Å². The Kier molecular flexibility index (Phi) is 21.3. The average molecular weight is 824 g/mol. The molecule has 22 heteroatoms. The number of alkyl carbamates (subject to hydrolysis) is 1. The number of aliphatic carboxylic acids is 1. The number of ether oxygens (including phenoxy) is 2. The monoisotopic (exact) mass is 823 g/mol. The van der Waals surface area contributed by atoms with E-state index >= 15 is 0 Å². The Morgan fingerprint density at radius 1 is 0.810 bits per heavy atom. The second-order valence-electron chi connectivity index (χ2n) is 15.3. The molecule has 58 heavy (non-hydrogen) atoms. The molecule has 1 rings (SSSR count). The number of esters is 1. The number of aromatic nitrogens is 2. The summed E-state index contributed by atoms with van der Waals surface area (Å²) >= 11 is 0. The molecule has 12 N–H and O–H groups in total. The minimum Gasteiger partial charge on any atom is -0.481 e. The summed E-state index contributed by atoms with van der Waals surface area (Å²) in [7, 11) is 1.17. The van der Waals surface area contributed by atoms with Gasteiger partial charge < -0.3 is 62.9 Å². The van der Waals surface area contributed by atoms with Gasteiger partial charge in [0.25, 0.3) is 0 Å². The van der Waals surface area contributed by atoms with Gasteiger partial charge in [0.15, 0.2) is 5.96 Å². The van der Waals surface area contributed by atoms with Crippen LogP contribution >= 0.6 is 0 Å². The Morgan fingerprint density at radius 3 is 1.88 bits per heavy atom. The molecule has 326 valence electrons. The van der Waals surface area contributed by atoms with Gasteiger partial charge in [0.2, 0.25) is 29.5 Å². The minimum atomic E-state index is -1.74. The van der Waals surface area contributed by atoms with E-state index < -0.39 is 96.3 Å². The van der Waals surface area contributed by atoms with Crippen molar-refractivity contribution in [3.8, 4) is 0 Å². The first-order valence-electron chi connectivity index (χ1n) is 18.8. The molecule has 0 radical (unpaired) electrons. The molecule has 6 amide bonds. The minimum absolute atomic E-state index is 0.00898. The first kappa shape index (κ1) is 50.1. The van der Waals surface area contributed by atoms with Crippen LogP contribution < -0.4 is 43.4 Å². The topological polar surface area (TPSA) is 341 Å². The number of aliphatic imine (C=N–C) groups is 1. The Morgan fingerprint density at radius 2 is 1.34 bits per heavy atom. The molecule has 1 aromatic rings. The third-order valence-electron chi connectivity index (χ3n) is 7.86. The molecule has 0 fully saturated rings. The fourth-order valence-electron chi connectivity index (χ4n) is 5.31. The van der Waals surface area contributed by atoms with Crippen molar-refractivity contribution < 1.29 is 52.9 Å². The number of imidazole rings is 1. The number of rotatable bonds is 24. The van der Waals surface area contributed by atoms with Crippen LogP contribution in [0.5, 0.6) is 0 Å². The highest BCUT2D eigenvalue weighted by atomic mass is 16.6. The molecule has 0 saturated heterocycles. The highest BCUT2D eigenvalue weighted by Crippen LogP contribution is 2.11. The zero-order valence-electron chi connectivity index (χ0n) is 34.4. The lowest BCUT2D eigenvalue weighted by Crippen LogP contribution is -2.60. The molecular formula is C36H61N11O11. The molecule has 0 saturated carbocycles. The molecule has 0 aliphatic heterocycles. The van der Waals surface area contributed by atoms with E-state index in [0.29, 0.717) is 5.69 Å². The predicted molar refractivity (Wildman–Crippen MR) is 209 cm³/mol. The van der Waals surface area contributed by atoms with E-state index in [1.54, 1.807) is 34.6 Å². The molecule has 0 aliphatic rings. The van der Waals surface area contributed by atoms with Crippen LogP contribution in [0, 0.1) is 11.8 Å². The predicted octanol–water partition coefficient (Wildman–Crippen LogP) is -1.31. The van der Waals surface area contributed by atoms with Crippen molar-refractivity contribution in [3.63, 3.8) is 0 Å². The summed E-state index contributed by atoms with van der Waals surface area (Å²) in [6.07, 6.45) is 1.17. The van der Waals surface area contributed by atoms with Gasteiger partial charge >= 0.3 is 18.0 Å².